The van der Waals surface area contributed by atoms with Gasteiger partial charge in [-0.05, 0) is 13.8 Å². The third kappa shape index (κ3) is 1.15. The van der Waals surface area contributed by atoms with E-state index in [1.54, 1.807) is 6.92 Å². The lowest BCUT2D eigenvalue weighted by Crippen LogP contribution is -1.98. The first kappa shape index (κ1) is 7.91. The molecule has 0 saturated heterocycles. The second-order valence-corrected chi connectivity index (χ2v) is 2.43. The van der Waals surface area contributed by atoms with Gasteiger partial charge in [0.1, 0.15) is 0 Å². The van der Waals surface area contributed by atoms with Crippen LogP contribution in [-0.2, 0) is 7.05 Å². The number of aryl methyl sites for hydroxylation is 2. The fraction of sp³-hybridized carbons (Fsp3) is 0.429. The fourth-order valence-electron chi connectivity index (χ4n) is 1.03. The molecule has 1 heterocycles. The highest BCUT2D eigenvalue weighted by Gasteiger charge is 2.15. The molecule has 0 unspecified atom stereocenters. The van der Waals surface area contributed by atoms with Crippen LogP contribution >= 0.6 is 0 Å². The van der Waals surface area contributed by atoms with Crippen LogP contribution in [0.1, 0.15) is 23.0 Å². The number of halogens is 1. The lowest BCUT2D eigenvalue weighted by molar-refractivity contribution is 0.101. The van der Waals surface area contributed by atoms with Gasteiger partial charge in [0, 0.05) is 7.05 Å². The Morgan fingerprint density at radius 2 is 2.18 bits per heavy atom. The van der Waals surface area contributed by atoms with Crippen LogP contribution in [0.2, 0.25) is 0 Å². The summed E-state index contributed by atoms with van der Waals surface area (Å²) in [6.07, 6.45) is 0. The number of ketones is 1. The molecule has 0 radical (unpaired) electrons. The van der Waals surface area contributed by atoms with Gasteiger partial charge in [0.2, 0.25) is 5.95 Å². The first-order chi connectivity index (χ1) is 5.04. The smallest absolute Gasteiger partial charge is 0.222 e. The molecule has 3 nitrogen and oxygen atoms in total. The first-order valence-corrected chi connectivity index (χ1v) is 3.24. The van der Waals surface area contributed by atoms with E-state index in [4.69, 9.17) is 0 Å². The van der Waals surface area contributed by atoms with E-state index >= 15 is 0 Å². The number of rotatable bonds is 1. The Morgan fingerprint density at radius 1 is 1.64 bits per heavy atom. The predicted octanol–water partition coefficient (Wildman–Crippen LogP) is 1.07. The molecule has 0 aromatic carbocycles. The normalized spacial score (nSPS) is 10.2. The first-order valence-electron chi connectivity index (χ1n) is 3.24. The van der Waals surface area contributed by atoms with Crippen LogP contribution in [0.15, 0.2) is 0 Å². The lowest BCUT2D eigenvalue weighted by Gasteiger charge is -1.90. The molecule has 0 aliphatic heterocycles. The van der Waals surface area contributed by atoms with Gasteiger partial charge in [-0.3, -0.25) is 4.79 Å². The van der Waals surface area contributed by atoms with Crippen molar-refractivity contribution in [2.45, 2.75) is 13.8 Å². The number of nitrogens with zero attached hydrogens (tertiary/aromatic N) is 2. The van der Waals surface area contributed by atoms with Gasteiger partial charge < -0.3 is 0 Å². The average Bonchev–Trinajstić information content (AvgIpc) is 2.07. The molecular formula is C7H9FN2O. The maximum absolute atomic E-state index is 13.0. The minimum absolute atomic E-state index is 0.0903. The van der Waals surface area contributed by atoms with Crippen LogP contribution < -0.4 is 0 Å². The van der Waals surface area contributed by atoms with E-state index in [1.165, 1.54) is 14.0 Å². The summed E-state index contributed by atoms with van der Waals surface area (Å²) >= 11 is 0. The highest BCUT2D eigenvalue weighted by molar-refractivity contribution is 5.95. The van der Waals surface area contributed by atoms with E-state index in [0.29, 0.717) is 5.69 Å². The quantitative estimate of drug-likeness (QED) is 0.570. The zero-order valence-corrected chi connectivity index (χ0v) is 6.68. The summed E-state index contributed by atoms with van der Waals surface area (Å²) in [5.74, 6) is -0.844. The molecule has 0 aliphatic carbocycles. The molecule has 0 saturated carbocycles. The van der Waals surface area contributed by atoms with Gasteiger partial charge in [0.25, 0.3) is 0 Å². The largest absolute Gasteiger partial charge is 0.294 e. The van der Waals surface area contributed by atoms with Crippen molar-refractivity contribution in [3.63, 3.8) is 0 Å². The number of aromatic nitrogens is 2. The van der Waals surface area contributed by atoms with Gasteiger partial charge in [-0.15, -0.1) is 0 Å². The molecule has 11 heavy (non-hydrogen) atoms. The summed E-state index contributed by atoms with van der Waals surface area (Å²) in [5.41, 5.74) is 0.532. The molecule has 60 valence electrons. The van der Waals surface area contributed by atoms with E-state index in [1.807, 2.05) is 0 Å². The van der Waals surface area contributed by atoms with Gasteiger partial charge in [-0.1, -0.05) is 0 Å². The summed E-state index contributed by atoms with van der Waals surface area (Å²) in [6, 6.07) is 0. The van der Waals surface area contributed by atoms with Crippen molar-refractivity contribution in [1.82, 2.24) is 9.78 Å². The van der Waals surface area contributed by atoms with Crippen molar-refractivity contribution in [1.29, 1.82) is 0 Å². The topological polar surface area (TPSA) is 34.9 Å². The molecule has 0 spiro atoms. The number of carbonyl (C=O) groups is 1. The van der Waals surface area contributed by atoms with Crippen molar-refractivity contribution >= 4 is 5.78 Å². The van der Waals surface area contributed by atoms with Crippen molar-refractivity contribution in [3.05, 3.63) is 17.2 Å². The molecular weight excluding hydrogens is 147 g/mol. The summed E-state index contributed by atoms with van der Waals surface area (Å²) in [7, 11) is 1.47. The van der Waals surface area contributed by atoms with Crippen molar-refractivity contribution in [2.75, 3.05) is 0 Å². The van der Waals surface area contributed by atoms with Crippen LogP contribution in [0.4, 0.5) is 4.39 Å². The summed E-state index contributed by atoms with van der Waals surface area (Å²) in [4.78, 5) is 10.8. The second-order valence-electron chi connectivity index (χ2n) is 2.43. The van der Waals surface area contributed by atoms with E-state index < -0.39 is 5.95 Å². The molecule has 0 fully saturated rings. The Morgan fingerprint density at radius 3 is 2.36 bits per heavy atom. The summed E-state index contributed by atoms with van der Waals surface area (Å²) in [5, 5.41) is 3.75. The molecule has 0 amide bonds. The lowest BCUT2D eigenvalue weighted by atomic mass is 10.2. The van der Waals surface area contributed by atoms with E-state index in [0.717, 1.165) is 4.68 Å². The summed E-state index contributed by atoms with van der Waals surface area (Å²) in [6.45, 7) is 2.94. The van der Waals surface area contributed by atoms with Crippen molar-refractivity contribution in [3.8, 4) is 0 Å². The molecule has 0 N–H and O–H groups in total. The Kier molecular flexibility index (Phi) is 1.76. The number of carbonyl (C=O) groups excluding carboxylic acids is 1. The standard InChI is InChI=1S/C7H9FN2O/c1-4-6(5(2)11)7(8)10(3)9-4/h1-3H3. The van der Waals surface area contributed by atoms with Gasteiger partial charge in [0.05, 0.1) is 11.3 Å². The van der Waals surface area contributed by atoms with Crippen molar-refractivity contribution < 1.29 is 9.18 Å². The van der Waals surface area contributed by atoms with Crippen molar-refractivity contribution in [2.24, 2.45) is 7.05 Å². The van der Waals surface area contributed by atoms with E-state index in [-0.39, 0.29) is 11.3 Å². The molecule has 0 atom stereocenters. The van der Waals surface area contributed by atoms with E-state index in [9.17, 15) is 9.18 Å². The Hall–Kier alpha value is -1.19. The zero-order chi connectivity index (χ0) is 8.59. The molecule has 4 heteroatoms. The van der Waals surface area contributed by atoms with Crippen LogP contribution in [-0.4, -0.2) is 15.6 Å². The van der Waals surface area contributed by atoms with Crippen LogP contribution in [0, 0.1) is 12.9 Å². The Bertz CT molecular complexity index is 304. The number of hydrogen-bond acceptors (Lipinski definition) is 2. The molecule has 0 aliphatic rings. The maximum Gasteiger partial charge on any atom is 0.222 e. The minimum atomic E-state index is -0.560. The third-order valence-corrected chi connectivity index (χ3v) is 1.50. The molecule has 1 aromatic heterocycles. The third-order valence-electron chi connectivity index (χ3n) is 1.50. The zero-order valence-electron chi connectivity index (χ0n) is 6.68. The van der Waals surface area contributed by atoms with Gasteiger partial charge >= 0.3 is 0 Å². The average molecular weight is 156 g/mol. The number of Topliss-reactive ketones (excluding diaryl/α,β-unsaturated/α-hetero) is 1. The molecule has 1 rings (SSSR count). The Balaban J connectivity index is 3.34. The Labute approximate surface area is 63.8 Å². The highest BCUT2D eigenvalue weighted by Crippen LogP contribution is 2.10. The van der Waals surface area contributed by atoms with Gasteiger partial charge in [-0.2, -0.15) is 9.49 Å². The predicted molar refractivity (Wildman–Crippen MR) is 37.9 cm³/mol. The minimum Gasteiger partial charge on any atom is -0.294 e. The molecule has 0 bridgehead atoms. The van der Waals surface area contributed by atoms with Crippen LogP contribution in [0.3, 0.4) is 0 Å². The number of hydrogen-bond donors (Lipinski definition) is 0. The second kappa shape index (κ2) is 2.45. The van der Waals surface area contributed by atoms with Gasteiger partial charge in [-0.25, -0.2) is 4.68 Å². The van der Waals surface area contributed by atoms with Gasteiger partial charge in [0.15, 0.2) is 5.78 Å². The van der Waals surface area contributed by atoms with Crippen LogP contribution in [0.5, 0.6) is 0 Å². The maximum atomic E-state index is 13.0. The SMILES string of the molecule is CC(=O)c1c(C)nn(C)c1F. The monoisotopic (exact) mass is 156 g/mol. The highest BCUT2D eigenvalue weighted by atomic mass is 19.1. The summed E-state index contributed by atoms with van der Waals surface area (Å²) < 4.78 is 14.0. The van der Waals surface area contributed by atoms with E-state index in [2.05, 4.69) is 5.10 Å². The fourth-order valence-corrected chi connectivity index (χ4v) is 1.03. The molecule has 1 aromatic rings. The van der Waals surface area contributed by atoms with Crippen LogP contribution in [0.25, 0.3) is 0 Å².